The molecule has 2 aliphatic heterocycles. The minimum atomic E-state index is -0.313. The fourth-order valence-corrected chi connectivity index (χ4v) is 2.57. The number of nitrogens with one attached hydrogen (secondary N) is 1. The van der Waals surface area contributed by atoms with Gasteiger partial charge in [-0.15, -0.1) is 0 Å². The molecule has 0 radical (unpaired) electrons. The van der Waals surface area contributed by atoms with Gasteiger partial charge in [0.25, 0.3) is 0 Å². The number of β-amino-alcohol motifs (C(OH)–C–C–N with tert-alkyl or cyclic N) is 1. The molecule has 3 heterocycles. The third-order valence-corrected chi connectivity index (χ3v) is 3.57. The molecule has 0 spiro atoms. The maximum Gasteiger partial charge on any atom is 0.243 e. The summed E-state index contributed by atoms with van der Waals surface area (Å²) in [6, 6.07) is -0.00600. The summed E-state index contributed by atoms with van der Waals surface area (Å²) >= 11 is 0. The van der Waals surface area contributed by atoms with Crippen molar-refractivity contribution in [1.29, 1.82) is 0 Å². The zero-order valence-electron chi connectivity index (χ0n) is 10.3. The summed E-state index contributed by atoms with van der Waals surface area (Å²) < 4.78 is 10.9. The molecule has 3 atom stereocenters. The molecule has 0 saturated carbocycles. The van der Waals surface area contributed by atoms with Gasteiger partial charge >= 0.3 is 0 Å². The number of aliphatic hydroxyl groups excluding tert-OH is 1. The van der Waals surface area contributed by atoms with Crippen LogP contribution >= 0.6 is 0 Å². The van der Waals surface area contributed by atoms with Crippen molar-refractivity contribution >= 4 is 0 Å². The largest absolute Gasteiger partial charge is 0.392 e. The van der Waals surface area contributed by atoms with Crippen molar-refractivity contribution < 1.29 is 14.4 Å². The van der Waals surface area contributed by atoms with Gasteiger partial charge in [0.1, 0.15) is 0 Å². The molecule has 1 aromatic rings. The average molecular weight is 253 g/mol. The molecule has 0 aliphatic carbocycles. The summed E-state index contributed by atoms with van der Waals surface area (Å²) in [6.45, 7) is 1.43. The first-order valence-electron chi connectivity index (χ1n) is 6.67. The van der Waals surface area contributed by atoms with Gasteiger partial charge in [-0.1, -0.05) is 5.16 Å². The third-order valence-electron chi connectivity index (χ3n) is 3.57. The molecule has 2 saturated heterocycles. The van der Waals surface area contributed by atoms with Crippen LogP contribution in [0, 0.1) is 0 Å². The predicted octanol–water partition coefficient (Wildman–Crippen LogP) is 0.576. The van der Waals surface area contributed by atoms with E-state index in [1.165, 1.54) is 6.42 Å². The molecule has 2 aliphatic rings. The number of aliphatic hydroxyl groups is 1. The van der Waals surface area contributed by atoms with Gasteiger partial charge in [0.05, 0.1) is 18.2 Å². The first-order chi connectivity index (χ1) is 8.81. The lowest BCUT2D eigenvalue weighted by atomic mass is 10.1. The molecule has 3 unspecified atom stereocenters. The standard InChI is InChI=1S/C12H19N3O3/c16-8-5-10(13-7-8)12-14-11(15-18-12)6-9-3-1-2-4-17-9/h8-10,13,16H,1-7H2. The number of aromatic nitrogens is 2. The third kappa shape index (κ3) is 2.71. The summed E-state index contributed by atoms with van der Waals surface area (Å²) in [4.78, 5) is 4.39. The predicted molar refractivity (Wildman–Crippen MR) is 63.0 cm³/mol. The fourth-order valence-electron chi connectivity index (χ4n) is 2.57. The lowest BCUT2D eigenvalue weighted by Crippen LogP contribution is -2.22. The van der Waals surface area contributed by atoms with E-state index in [4.69, 9.17) is 9.26 Å². The van der Waals surface area contributed by atoms with Crippen molar-refractivity contribution in [3.05, 3.63) is 11.7 Å². The Kier molecular flexibility index (Phi) is 3.58. The Morgan fingerprint density at radius 2 is 2.33 bits per heavy atom. The highest BCUT2D eigenvalue weighted by Gasteiger charge is 2.28. The van der Waals surface area contributed by atoms with E-state index in [-0.39, 0.29) is 18.2 Å². The minimum absolute atomic E-state index is 0.00600. The number of ether oxygens (including phenoxy) is 1. The Hall–Kier alpha value is -0.980. The molecule has 0 bridgehead atoms. The van der Waals surface area contributed by atoms with Crippen molar-refractivity contribution in [3.8, 4) is 0 Å². The zero-order chi connectivity index (χ0) is 12.4. The molecule has 3 rings (SSSR count). The van der Waals surface area contributed by atoms with Crippen molar-refractivity contribution in [1.82, 2.24) is 15.5 Å². The van der Waals surface area contributed by atoms with E-state index >= 15 is 0 Å². The van der Waals surface area contributed by atoms with Gasteiger partial charge in [0, 0.05) is 19.6 Å². The Bertz CT molecular complexity index is 390. The zero-order valence-corrected chi connectivity index (χ0v) is 10.3. The Morgan fingerprint density at radius 3 is 3.06 bits per heavy atom. The highest BCUT2D eigenvalue weighted by molar-refractivity contribution is 4.98. The van der Waals surface area contributed by atoms with Gasteiger partial charge in [-0.25, -0.2) is 0 Å². The van der Waals surface area contributed by atoms with Crippen LogP contribution in [0.3, 0.4) is 0 Å². The molecule has 0 amide bonds. The van der Waals surface area contributed by atoms with E-state index in [2.05, 4.69) is 15.5 Å². The normalized spacial score (nSPS) is 32.8. The fraction of sp³-hybridized carbons (Fsp3) is 0.833. The molecule has 2 fully saturated rings. The highest BCUT2D eigenvalue weighted by atomic mass is 16.5. The maximum absolute atomic E-state index is 9.46. The van der Waals surface area contributed by atoms with Crippen molar-refractivity contribution in [2.45, 2.75) is 50.4 Å². The van der Waals surface area contributed by atoms with Gasteiger partial charge in [0.2, 0.25) is 5.89 Å². The van der Waals surface area contributed by atoms with Crippen LogP contribution in [0.25, 0.3) is 0 Å². The van der Waals surface area contributed by atoms with E-state index in [9.17, 15) is 5.11 Å². The number of nitrogens with zero attached hydrogens (tertiary/aromatic N) is 2. The topological polar surface area (TPSA) is 80.4 Å². The van der Waals surface area contributed by atoms with Crippen LogP contribution in [0.15, 0.2) is 4.52 Å². The molecular weight excluding hydrogens is 234 g/mol. The van der Waals surface area contributed by atoms with Gasteiger partial charge < -0.3 is 19.7 Å². The van der Waals surface area contributed by atoms with Gasteiger partial charge in [-0.05, 0) is 25.7 Å². The van der Waals surface area contributed by atoms with Crippen molar-refractivity contribution in [3.63, 3.8) is 0 Å². The van der Waals surface area contributed by atoms with Gasteiger partial charge in [-0.3, -0.25) is 0 Å². The monoisotopic (exact) mass is 253 g/mol. The Balaban J connectivity index is 1.59. The van der Waals surface area contributed by atoms with E-state index in [1.807, 2.05) is 0 Å². The smallest absolute Gasteiger partial charge is 0.243 e. The van der Waals surface area contributed by atoms with Crippen LogP contribution in [0.2, 0.25) is 0 Å². The first-order valence-corrected chi connectivity index (χ1v) is 6.67. The second-order valence-corrected chi connectivity index (χ2v) is 5.09. The number of hydrogen-bond acceptors (Lipinski definition) is 6. The summed E-state index contributed by atoms with van der Waals surface area (Å²) in [5, 5.41) is 16.6. The SMILES string of the molecule is OC1CNC(c2nc(CC3CCCCO3)no2)C1. The van der Waals surface area contributed by atoms with Crippen LogP contribution < -0.4 is 5.32 Å². The van der Waals surface area contributed by atoms with E-state index in [1.54, 1.807) is 0 Å². The second kappa shape index (κ2) is 5.34. The van der Waals surface area contributed by atoms with Crippen molar-refractivity contribution in [2.24, 2.45) is 0 Å². The molecule has 18 heavy (non-hydrogen) atoms. The highest BCUT2D eigenvalue weighted by Crippen LogP contribution is 2.22. The van der Waals surface area contributed by atoms with Crippen LogP contribution in [0.5, 0.6) is 0 Å². The molecule has 1 aromatic heterocycles. The average Bonchev–Trinajstić information content (AvgIpc) is 2.99. The van der Waals surface area contributed by atoms with Crippen molar-refractivity contribution in [2.75, 3.05) is 13.2 Å². The summed E-state index contributed by atoms with van der Waals surface area (Å²) in [7, 11) is 0. The molecule has 6 heteroatoms. The second-order valence-electron chi connectivity index (χ2n) is 5.09. The molecule has 100 valence electrons. The van der Waals surface area contributed by atoms with E-state index < -0.39 is 0 Å². The molecular formula is C12H19N3O3. The summed E-state index contributed by atoms with van der Waals surface area (Å²) in [5.41, 5.74) is 0. The Labute approximate surface area is 106 Å². The van der Waals surface area contributed by atoms with Crippen LogP contribution in [-0.2, 0) is 11.2 Å². The van der Waals surface area contributed by atoms with E-state index in [0.29, 0.717) is 24.7 Å². The number of hydrogen-bond donors (Lipinski definition) is 2. The maximum atomic E-state index is 9.46. The Morgan fingerprint density at radius 1 is 1.39 bits per heavy atom. The summed E-state index contributed by atoms with van der Waals surface area (Å²) in [6.07, 6.45) is 4.71. The van der Waals surface area contributed by atoms with Crippen LogP contribution in [-0.4, -0.2) is 40.6 Å². The van der Waals surface area contributed by atoms with E-state index in [0.717, 1.165) is 25.9 Å². The lowest BCUT2D eigenvalue weighted by Gasteiger charge is -2.20. The number of rotatable bonds is 3. The van der Waals surface area contributed by atoms with Gasteiger partial charge in [0.15, 0.2) is 5.82 Å². The van der Waals surface area contributed by atoms with Crippen LogP contribution in [0.1, 0.15) is 43.4 Å². The lowest BCUT2D eigenvalue weighted by molar-refractivity contribution is 0.0153. The molecule has 6 nitrogen and oxygen atoms in total. The quantitative estimate of drug-likeness (QED) is 0.820. The first kappa shape index (κ1) is 12.1. The molecule has 2 N–H and O–H groups in total. The molecule has 0 aromatic carbocycles. The van der Waals surface area contributed by atoms with Crippen LogP contribution in [0.4, 0.5) is 0 Å². The van der Waals surface area contributed by atoms with Gasteiger partial charge in [-0.2, -0.15) is 4.98 Å². The minimum Gasteiger partial charge on any atom is -0.392 e. The summed E-state index contributed by atoms with van der Waals surface area (Å²) in [5.74, 6) is 1.29.